The van der Waals surface area contributed by atoms with E-state index in [0.29, 0.717) is 6.04 Å². The molecule has 4 rings (SSSR count). The summed E-state index contributed by atoms with van der Waals surface area (Å²) in [6, 6.07) is 14.1. The first kappa shape index (κ1) is 16.4. The molecule has 2 heterocycles. The molecule has 0 amide bonds. The van der Waals surface area contributed by atoms with E-state index >= 15 is 0 Å². The van der Waals surface area contributed by atoms with Crippen LogP contribution in [0.1, 0.15) is 50.1 Å². The Labute approximate surface area is 148 Å². The number of nitrogens with one attached hydrogen (secondary N) is 1. The molecule has 132 valence electrons. The second kappa shape index (κ2) is 7.04. The molecule has 2 aromatic rings. The third kappa shape index (κ3) is 3.49. The number of aryl methyl sites for hydroxylation is 1. The first-order valence-electron chi connectivity index (χ1n) is 9.43. The summed E-state index contributed by atoms with van der Waals surface area (Å²) in [4.78, 5) is 11.7. The van der Waals surface area contributed by atoms with Gasteiger partial charge in [0.1, 0.15) is 11.4 Å². The lowest BCUT2D eigenvalue weighted by molar-refractivity contribution is -0.0368. The number of rotatable bonds is 6. The van der Waals surface area contributed by atoms with Crippen LogP contribution in [0, 0.1) is 0 Å². The normalized spacial score (nSPS) is 20.6. The molecule has 1 spiro atoms. The van der Waals surface area contributed by atoms with Gasteiger partial charge in [0, 0.05) is 36.8 Å². The van der Waals surface area contributed by atoms with Gasteiger partial charge in [0.25, 0.3) is 0 Å². The predicted octanol–water partition coefficient (Wildman–Crippen LogP) is 3.66. The van der Waals surface area contributed by atoms with Crippen LogP contribution >= 0.6 is 0 Å². The minimum Gasteiger partial charge on any atom is -0.487 e. The van der Waals surface area contributed by atoms with Crippen LogP contribution in [0.15, 0.2) is 53.5 Å². The zero-order chi connectivity index (χ0) is 17.1. The molecular formula is C21H26N2O2. The fourth-order valence-electron chi connectivity index (χ4n) is 4.01. The topological polar surface area (TPSA) is 43.3 Å². The maximum atomic E-state index is 11.7. The number of unbranched alkanes of at least 4 members (excludes halogenated alkanes) is 1. The average Bonchev–Trinajstić information content (AvgIpc) is 2.61. The molecule has 1 aliphatic heterocycles. The number of fused-ring (bicyclic) bond motifs is 1. The van der Waals surface area contributed by atoms with E-state index in [2.05, 4.69) is 29.6 Å². The lowest BCUT2D eigenvalue weighted by Crippen LogP contribution is -2.49. The van der Waals surface area contributed by atoms with Crippen LogP contribution in [0.2, 0.25) is 0 Å². The summed E-state index contributed by atoms with van der Waals surface area (Å²) in [6.45, 7) is 1.76. The number of hydrogen-bond acceptors (Lipinski definition) is 3. The lowest BCUT2D eigenvalue weighted by Gasteiger charge is -2.48. The Balaban J connectivity index is 1.32. The summed E-state index contributed by atoms with van der Waals surface area (Å²) in [7, 11) is 0. The molecule has 1 N–H and O–H groups in total. The van der Waals surface area contributed by atoms with Crippen molar-refractivity contribution in [2.24, 2.45) is 0 Å². The molecule has 4 nitrogen and oxygen atoms in total. The van der Waals surface area contributed by atoms with E-state index < -0.39 is 0 Å². The SMILES string of the molecule is O=c1ccccn1CCCCN[C@H]1CC2(CCC2)Oc2ccccc21. The van der Waals surface area contributed by atoms with Gasteiger partial charge in [-0.3, -0.25) is 4.79 Å². The van der Waals surface area contributed by atoms with Gasteiger partial charge in [-0.2, -0.15) is 0 Å². The largest absolute Gasteiger partial charge is 0.487 e. The molecule has 1 aliphatic carbocycles. The van der Waals surface area contributed by atoms with Gasteiger partial charge >= 0.3 is 0 Å². The second-order valence-electron chi connectivity index (χ2n) is 7.33. The molecule has 0 radical (unpaired) electrons. The van der Waals surface area contributed by atoms with E-state index in [-0.39, 0.29) is 11.2 Å². The van der Waals surface area contributed by atoms with Crippen LogP contribution < -0.4 is 15.6 Å². The van der Waals surface area contributed by atoms with Gasteiger partial charge in [0.05, 0.1) is 0 Å². The van der Waals surface area contributed by atoms with Crippen LogP contribution in [-0.2, 0) is 6.54 Å². The summed E-state index contributed by atoms with van der Waals surface area (Å²) in [5, 5.41) is 3.73. The standard InChI is InChI=1S/C21H26N2O2/c24-20-10-3-5-14-23(20)15-6-4-13-22-18-16-21(11-7-12-21)25-19-9-2-1-8-17(18)19/h1-3,5,8-10,14,18,22H,4,6-7,11-13,15-16H2/t18-/m0/s1. The van der Waals surface area contributed by atoms with Crippen molar-refractivity contribution in [3.63, 3.8) is 0 Å². The molecule has 1 aromatic heterocycles. The maximum Gasteiger partial charge on any atom is 0.250 e. The molecular weight excluding hydrogens is 312 g/mol. The van der Waals surface area contributed by atoms with Crippen molar-refractivity contribution in [2.75, 3.05) is 6.54 Å². The lowest BCUT2D eigenvalue weighted by atomic mass is 9.73. The van der Waals surface area contributed by atoms with E-state index in [9.17, 15) is 4.79 Å². The Morgan fingerprint density at radius 2 is 1.96 bits per heavy atom. The van der Waals surface area contributed by atoms with Gasteiger partial charge in [-0.15, -0.1) is 0 Å². The van der Waals surface area contributed by atoms with Crippen molar-refractivity contribution >= 4 is 0 Å². The van der Waals surface area contributed by atoms with Crippen molar-refractivity contribution in [3.05, 3.63) is 64.6 Å². The van der Waals surface area contributed by atoms with Crippen LogP contribution in [-0.4, -0.2) is 16.7 Å². The number of pyridine rings is 1. The molecule has 1 aromatic carbocycles. The third-order valence-electron chi connectivity index (χ3n) is 5.58. The van der Waals surface area contributed by atoms with Crippen molar-refractivity contribution in [2.45, 2.75) is 56.7 Å². The van der Waals surface area contributed by atoms with Crippen LogP contribution in [0.4, 0.5) is 0 Å². The summed E-state index contributed by atoms with van der Waals surface area (Å²) in [5.74, 6) is 1.06. The average molecular weight is 338 g/mol. The molecule has 2 aliphatic rings. The monoisotopic (exact) mass is 338 g/mol. The Morgan fingerprint density at radius 3 is 2.76 bits per heavy atom. The third-order valence-corrected chi connectivity index (χ3v) is 5.58. The van der Waals surface area contributed by atoms with Crippen LogP contribution in [0.25, 0.3) is 0 Å². The fourth-order valence-corrected chi connectivity index (χ4v) is 4.01. The number of nitrogens with zero attached hydrogens (tertiary/aromatic N) is 1. The minimum absolute atomic E-state index is 0.0728. The fraction of sp³-hybridized carbons (Fsp3) is 0.476. The van der Waals surface area contributed by atoms with Gasteiger partial charge in [-0.25, -0.2) is 0 Å². The van der Waals surface area contributed by atoms with E-state index in [1.807, 2.05) is 12.3 Å². The molecule has 25 heavy (non-hydrogen) atoms. The highest BCUT2D eigenvalue weighted by atomic mass is 16.5. The Kier molecular flexibility index (Phi) is 4.62. The van der Waals surface area contributed by atoms with Gasteiger partial charge in [-0.05, 0) is 50.8 Å². The molecule has 0 unspecified atom stereocenters. The number of ether oxygens (including phenoxy) is 1. The summed E-state index contributed by atoms with van der Waals surface area (Å²) in [5.41, 5.74) is 1.45. The van der Waals surface area contributed by atoms with Gasteiger partial charge in [0.15, 0.2) is 0 Å². The minimum atomic E-state index is 0.0728. The van der Waals surface area contributed by atoms with Crippen molar-refractivity contribution in [3.8, 4) is 5.75 Å². The van der Waals surface area contributed by atoms with Crippen molar-refractivity contribution < 1.29 is 4.74 Å². The quantitative estimate of drug-likeness (QED) is 0.818. The molecule has 4 heteroatoms. The highest BCUT2D eigenvalue weighted by Gasteiger charge is 2.45. The summed E-state index contributed by atoms with van der Waals surface area (Å²) < 4.78 is 8.09. The molecule has 0 saturated heterocycles. The summed E-state index contributed by atoms with van der Waals surface area (Å²) >= 11 is 0. The van der Waals surface area contributed by atoms with E-state index in [1.165, 1.54) is 24.8 Å². The van der Waals surface area contributed by atoms with Gasteiger partial charge < -0.3 is 14.6 Å². The van der Waals surface area contributed by atoms with Crippen molar-refractivity contribution in [1.29, 1.82) is 0 Å². The smallest absolute Gasteiger partial charge is 0.250 e. The Bertz CT molecular complexity index is 779. The zero-order valence-electron chi connectivity index (χ0n) is 14.6. The van der Waals surface area contributed by atoms with Gasteiger partial charge in [-0.1, -0.05) is 24.3 Å². The number of benzene rings is 1. The van der Waals surface area contributed by atoms with E-state index in [4.69, 9.17) is 4.74 Å². The first-order valence-corrected chi connectivity index (χ1v) is 9.43. The van der Waals surface area contributed by atoms with Crippen LogP contribution in [0.3, 0.4) is 0 Å². The maximum absolute atomic E-state index is 11.7. The number of hydrogen-bond donors (Lipinski definition) is 1. The zero-order valence-corrected chi connectivity index (χ0v) is 14.6. The van der Waals surface area contributed by atoms with E-state index in [0.717, 1.165) is 38.1 Å². The summed E-state index contributed by atoms with van der Waals surface area (Å²) in [6.07, 6.45) is 8.64. The predicted molar refractivity (Wildman–Crippen MR) is 98.9 cm³/mol. The number of para-hydroxylation sites is 1. The Hall–Kier alpha value is -2.07. The first-order chi connectivity index (χ1) is 12.3. The second-order valence-corrected chi connectivity index (χ2v) is 7.33. The molecule has 0 bridgehead atoms. The highest BCUT2D eigenvalue weighted by Crippen LogP contribution is 2.48. The highest BCUT2D eigenvalue weighted by molar-refractivity contribution is 5.39. The molecule has 1 atom stereocenters. The Morgan fingerprint density at radius 1 is 1.12 bits per heavy atom. The van der Waals surface area contributed by atoms with Gasteiger partial charge in [0.2, 0.25) is 5.56 Å². The van der Waals surface area contributed by atoms with Crippen LogP contribution in [0.5, 0.6) is 5.75 Å². The molecule has 1 fully saturated rings. The molecule has 1 saturated carbocycles. The van der Waals surface area contributed by atoms with E-state index in [1.54, 1.807) is 16.7 Å². The van der Waals surface area contributed by atoms with Crippen molar-refractivity contribution in [1.82, 2.24) is 9.88 Å². The number of aromatic nitrogens is 1.